The van der Waals surface area contributed by atoms with Crippen molar-refractivity contribution >= 4 is 11.6 Å². The highest BCUT2D eigenvalue weighted by atomic mass is 16.1. The van der Waals surface area contributed by atoms with E-state index >= 15 is 0 Å². The quantitative estimate of drug-likeness (QED) is 0.523. The fraction of sp³-hybridized carbons (Fsp3) is 0.462. The molecule has 1 unspecified atom stereocenters. The Kier molecular flexibility index (Phi) is 5.49. The van der Waals surface area contributed by atoms with Gasteiger partial charge >= 0.3 is 0 Å². The maximum atomic E-state index is 11.9. The van der Waals surface area contributed by atoms with Crippen LogP contribution in [0.3, 0.4) is 0 Å². The molecule has 0 saturated carbocycles. The van der Waals surface area contributed by atoms with Crippen LogP contribution in [0.4, 0.5) is 5.69 Å². The molecule has 1 atom stereocenters. The topological polar surface area (TPSA) is 67.2 Å². The molecule has 4 heteroatoms. The minimum Gasteiger partial charge on any atom is -0.349 e. The van der Waals surface area contributed by atoms with E-state index in [4.69, 9.17) is 5.84 Å². The van der Waals surface area contributed by atoms with E-state index in [0.29, 0.717) is 5.56 Å². The van der Waals surface area contributed by atoms with Crippen LogP contribution in [0.1, 0.15) is 43.5 Å². The lowest BCUT2D eigenvalue weighted by molar-refractivity contribution is 0.0934. The second kappa shape index (κ2) is 6.91. The van der Waals surface area contributed by atoms with Crippen LogP contribution >= 0.6 is 0 Å². The molecule has 1 amide bonds. The summed E-state index contributed by atoms with van der Waals surface area (Å²) in [6.45, 7) is 4.21. The number of hydrogen-bond donors (Lipinski definition) is 3. The number of carbonyl (C=O) groups is 1. The molecule has 17 heavy (non-hydrogen) atoms. The number of anilines is 1. The zero-order chi connectivity index (χ0) is 12.7. The summed E-state index contributed by atoms with van der Waals surface area (Å²) in [7, 11) is 0. The Balaban J connectivity index is 2.62. The molecule has 1 rings (SSSR count). The Labute approximate surface area is 103 Å². The molecular weight excluding hydrogens is 214 g/mol. The molecule has 0 aliphatic carbocycles. The summed E-state index contributed by atoms with van der Waals surface area (Å²) in [5, 5.41) is 3.03. The molecule has 1 aromatic carbocycles. The Morgan fingerprint density at radius 3 is 2.41 bits per heavy atom. The third kappa shape index (κ3) is 4.07. The van der Waals surface area contributed by atoms with Gasteiger partial charge in [0, 0.05) is 17.3 Å². The molecule has 94 valence electrons. The summed E-state index contributed by atoms with van der Waals surface area (Å²) in [6.07, 6.45) is 3.06. The van der Waals surface area contributed by atoms with Crippen LogP contribution in [0, 0.1) is 0 Å². The molecule has 0 radical (unpaired) electrons. The summed E-state index contributed by atoms with van der Waals surface area (Å²) in [4.78, 5) is 11.9. The monoisotopic (exact) mass is 235 g/mol. The molecular formula is C13H21N3O. The number of hydrazine groups is 1. The first-order chi connectivity index (χ1) is 8.21. The van der Waals surface area contributed by atoms with Crippen molar-refractivity contribution in [1.29, 1.82) is 0 Å². The maximum absolute atomic E-state index is 11.9. The van der Waals surface area contributed by atoms with E-state index in [2.05, 4.69) is 24.6 Å². The van der Waals surface area contributed by atoms with Gasteiger partial charge in [-0.3, -0.25) is 10.6 Å². The van der Waals surface area contributed by atoms with Crippen LogP contribution in [0.25, 0.3) is 0 Å². The van der Waals surface area contributed by atoms with Crippen molar-refractivity contribution in [2.24, 2.45) is 5.84 Å². The number of nitrogen functional groups attached to an aromatic ring is 1. The van der Waals surface area contributed by atoms with Crippen molar-refractivity contribution in [3.63, 3.8) is 0 Å². The predicted molar refractivity (Wildman–Crippen MR) is 70.7 cm³/mol. The first kappa shape index (κ1) is 13.5. The van der Waals surface area contributed by atoms with Gasteiger partial charge in [-0.1, -0.05) is 20.3 Å². The van der Waals surface area contributed by atoms with Crippen molar-refractivity contribution in [2.75, 3.05) is 5.43 Å². The van der Waals surface area contributed by atoms with E-state index in [1.807, 2.05) is 0 Å². The molecule has 0 aliphatic heterocycles. The van der Waals surface area contributed by atoms with Crippen LogP contribution in [0.5, 0.6) is 0 Å². The number of amides is 1. The van der Waals surface area contributed by atoms with Crippen LogP contribution in [0.15, 0.2) is 24.3 Å². The number of hydrogen-bond acceptors (Lipinski definition) is 3. The van der Waals surface area contributed by atoms with Gasteiger partial charge in [0.15, 0.2) is 0 Å². The molecule has 0 heterocycles. The van der Waals surface area contributed by atoms with Gasteiger partial charge in [0.05, 0.1) is 0 Å². The average molecular weight is 235 g/mol. The van der Waals surface area contributed by atoms with E-state index in [-0.39, 0.29) is 11.9 Å². The Bertz CT molecular complexity index is 348. The summed E-state index contributed by atoms with van der Waals surface area (Å²) < 4.78 is 0. The third-order valence-electron chi connectivity index (χ3n) is 2.78. The first-order valence-electron chi connectivity index (χ1n) is 6.08. The fourth-order valence-electron chi connectivity index (χ4n) is 1.71. The standard InChI is InChI=1S/C13H21N3O/c1-3-5-11(4-2)15-13(17)10-6-8-12(16-14)9-7-10/h6-9,11,16H,3-5,14H2,1-2H3,(H,15,17). The van der Waals surface area contributed by atoms with E-state index in [0.717, 1.165) is 24.9 Å². The Morgan fingerprint density at radius 2 is 1.94 bits per heavy atom. The highest BCUT2D eigenvalue weighted by molar-refractivity contribution is 5.94. The fourth-order valence-corrected chi connectivity index (χ4v) is 1.71. The molecule has 0 spiro atoms. The summed E-state index contributed by atoms with van der Waals surface area (Å²) >= 11 is 0. The zero-order valence-electron chi connectivity index (χ0n) is 10.5. The zero-order valence-corrected chi connectivity index (χ0v) is 10.5. The van der Waals surface area contributed by atoms with Crippen LogP contribution in [-0.4, -0.2) is 11.9 Å². The molecule has 4 nitrogen and oxygen atoms in total. The predicted octanol–water partition coefficient (Wildman–Crippen LogP) is 2.28. The highest BCUT2D eigenvalue weighted by Crippen LogP contribution is 2.09. The number of nitrogens with one attached hydrogen (secondary N) is 2. The molecule has 1 aromatic rings. The number of carbonyl (C=O) groups excluding carboxylic acids is 1. The van der Waals surface area contributed by atoms with E-state index in [1.54, 1.807) is 24.3 Å². The lowest BCUT2D eigenvalue weighted by atomic mass is 10.1. The van der Waals surface area contributed by atoms with Gasteiger partial charge in [0.2, 0.25) is 0 Å². The molecule has 4 N–H and O–H groups in total. The van der Waals surface area contributed by atoms with Gasteiger partial charge in [-0.25, -0.2) is 0 Å². The number of benzene rings is 1. The van der Waals surface area contributed by atoms with Gasteiger partial charge in [0.25, 0.3) is 5.91 Å². The summed E-state index contributed by atoms with van der Waals surface area (Å²) in [6, 6.07) is 7.37. The van der Waals surface area contributed by atoms with E-state index < -0.39 is 0 Å². The third-order valence-corrected chi connectivity index (χ3v) is 2.78. The van der Waals surface area contributed by atoms with Crippen molar-refractivity contribution < 1.29 is 4.79 Å². The lowest BCUT2D eigenvalue weighted by Crippen LogP contribution is -2.34. The van der Waals surface area contributed by atoms with E-state index in [9.17, 15) is 4.79 Å². The van der Waals surface area contributed by atoms with Crippen molar-refractivity contribution in [3.8, 4) is 0 Å². The van der Waals surface area contributed by atoms with Gasteiger partial charge in [0.1, 0.15) is 0 Å². The Hall–Kier alpha value is -1.55. The molecule has 0 bridgehead atoms. The van der Waals surface area contributed by atoms with Gasteiger partial charge in [-0.05, 0) is 37.1 Å². The average Bonchev–Trinajstić information content (AvgIpc) is 2.38. The summed E-state index contributed by atoms with van der Waals surface area (Å²) in [5.74, 6) is 5.25. The van der Waals surface area contributed by atoms with E-state index in [1.165, 1.54) is 0 Å². The molecule has 0 saturated heterocycles. The van der Waals surface area contributed by atoms with Crippen molar-refractivity contribution in [3.05, 3.63) is 29.8 Å². The lowest BCUT2D eigenvalue weighted by Gasteiger charge is -2.16. The number of rotatable bonds is 6. The van der Waals surface area contributed by atoms with Gasteiger partial charge < -0.3 is 10.7 Å². The highest BCUT2D eigenvalue weighted by Gasteiger charge is 2.10. The second-order valence-corrected chi connectivity index (χ2v) is 4.09. The minimum absolute atomic E-state index is 0.0196. The van der Waals surface area contributed by atoms with Crippen LogP contribution < -0.4 is 16.6 Å². The Morgan fingerprint density at radius 1 is 1.29 bits per heavy atom. The normalized spacial score (nSPS) is 11.9. The largest absolute Gasteiger partial charge is 0.349 e. The smallest absolute Gasteiger partial charge is 0.251 e. The number of nitrogens with two attached hydrogens (primary N) is 1. The molecule has 0 fully saturated rings. The van der Waals surface area contributed by atoms with Crippen LogP contribution in [-0.2, 0) is 0 Å². The van der Waals surface area contributed by atoms with Crippen LogP contribution in [0.2, 0.25) is 0 Å². The van der Waals surface area contributed by atoms with Gasteiger partial charge in [-0.15, -0.1) is 0 Å². The summed E-state index contributed by atoms with van der Waals surface area (Å²) in [5.41, 5.74) is 3.99. The second-order valence-electron chi connectivity index (χ2n) is 4.09. The van der Waals surface area contributed by atoms with Gasteiger partial charge in [-0.2, -0.15) is 0 Å². The minimum atomic E-state index is -0.0196. The van der Waals surface area contributed by atoms with Crippen molar-refractivity contribution in [1.82, 2.24) is 5.32 Å². The molecule has 0 aromatic heterocycles. The van der Waals surface area contributed by atoms with Crippen molar-refractivity contribution in [2.45, 2.75) is 39.2 Å². The SMILES string of the molecule is CCCC(CC)NC(=O)c1ccc(NN)cc1. The first-order valence-corrected chi connectivity index (χ1v) is 6.08. The molecule has 0 aliphatic rings. The maximum Gasteiger partial charge on any atom is 0.251 e.